The quantitative estimate of drug-likeness (QED) is 0.655. The van der Waals surface area contributed by atoms with E-state index in [1.54, 1.807) is 24.3 Å². The number of nitrogens with zero attached hydrogens (tertiary/aromatic N) is 3. The van der Waals surface area contributed by atoms with E-state index in [4.69, 9.17) is 0 Å². The molecule has 6 nitrogen and oxygen atoms in total. The molecule has 4 rings (SSSR count). The lowest BCUT2D eigenvalue weighted by molar-refractivity contribution is -0.121. The van der Waals surface area contributed by atoms with Gasteiger partial charge in [0.05, 0.1) is 21.3 Å². The summed E-state index contributed by atoms with van der Waals surface area (Å²) in [6.07, 6.45) is 0. The van der Waals surface area contributed by atoms with Gasteiger partial charge in [0.25, 0.3) is 17.7 Å². The molecule has 0 aliphatic carbocycles. The van der Waals surface area contributed by atoms with E-state index < -0.39 is 23.8 Å². The van der Waals surface area contributed by atoms with Gasteiger partial charge >= 0.3 is 0 Å². The van der Waals surface area contributed by atoms with Gasteiger partial charge in [0.15, 0.2) is 4.80 Å². The Bertz CT molecular complexity index is 1110. The molecule has 1 aliphatic rings. The third-order valence-corrected chi connectivity index (χ3v) is 5.60. The largest absolute Gasteiger partial charge is 0.319 e. The Morgan fingerprint density at radius 2 is 1.58 bits per heavy atom. The van der Waals surface area contributed by atoms with Crippen molar-refractivity contribution in [3.8, 4) is 0 Å². The average Bonchev–Trinajstić information content (AvgIpc) is 3.10. The zero-order chi connectivity index (χ0) is 18.4. The predicted octanol–water partition coefficient (Wildman–Crippen LogP) is 2.35. The molecule has 0 saturated carbocycles. The Kier molecular flexibility index (Phi) is 3.81. The molecular formula is C19H15N3O3S. The number of aromatic nitrogens is 1. The van der Waals surface area contributed by atoms with E-state index in [2.05, 4.69) is 4.99 Å². The van der Waals surface area contributed by atoms with Gasteiger partial charge in [0.2, 0.25) is 0 Å². The second kappa shape index (κ2) is 6.03. The summed E-state index contributed by atoms with van der Waals surface area (Å²) in [6, 6.07) is 13.4. The van der Waals surface area contributed by atoms with Gasteiger partial charge in [-0.05, 0) is 31.2 Å². The monoisotopic (exact) mass is 365 g/mol. The fraction of sp³-hybridized carbons (Fsp3) is 0.158. The molecule has 7 heteroatoms. The molecular weight excluding hydrogens is 350 g/mol. The predicted molar refractivity (Wildman–Crippen MR) is 97.8 cm³/mol. The van der Waals surface area contributed by atoms with Crippen LogP contribution in [0.4, 0.5) is 0 Å². The van der Waals surface area contributed by atoms with Gasteiger partial charge in [-0.25, -0.2) is 0 Å². The van der Waals surface area contributed by atoms with E-state index in [1.165, 1.54) is 18.3 Å². The number of para-hydroxylation sites is 1. The molecule has 0 spiro atoms. The lowest BCUT2D eigenvalue weighted by Crippen LogP contribution is -2.42. The topological polar surface area (TPSA) is 71.7 Å². The second-order valence-electron chi connectivity index (χ2n) is 6.06. The fourth-order valence-corrected chi connectivity index (χ4v) is 4.07. The number of carbonyl (C=O) groups excluding carboxylic acids is 3. The lowest BCUT2D eigenvalue weighted by atomic mass is 10.1. The first-order chi connectivity index (χ1) is 12.5. The van der Waals surface area contributed by atoms with Crippen molar-refractivity contribution in [1.82, 2.24) is 9.47 Å². The van der Waals surface area contributed by atoms with Crippen molar-refractivity contribution in [2.75, 3.05) is 0 Å². The molecule has 3 aromatic rings. The van der Waals surface area contributed by atoms with Gasteiger partial charge in [0.1, 0.15) is 6.04 Å². The van der Waals surface area contributed by atoms with Crippen molar-refractivity contribution in [2.24, 2.45) is 12.0 Å². The Morgan fingerprint density at radius 3 is 2.19 bits per heavy atom. The van der Waals surface area contributed by atoms with Crippen LogP contribution in [-0.2, 0) is 11.8 Å². The SMILES string of the molecule is C[C@H](C(=O)N=c1sc2ccccc2n1C)N1C(=O)c2ccccc2C1=O. The number of rotatable bonds is 2. The minimum Gasteiger partial charge on any atom is -0.319 e. The van der Waals surface area contributed by atoms with Gasteiger partial charge in [0, 0.05) is 7.05 Å². The molecule has 3 amide bonds. The number of fused-ring (bicyclic) bond motifs is 2. The van der Waals surface area contributed by atoms with E-state index in [0.717, 1.165) is 15.1 Å². The average molecular weight is 365 g/mol. The summed E-state index contributed by atoms with van der Waals surface area (Å²) in [7, 11) is 1.83. The van der Waals surface area contributed by atoms with Gasteiger partial charge in [-0.2, -0.15) is 4.99 Å². The van der Waals surface area contributed by atoms with E-state index >= 15 is 0 Å². The summed E-state index contributed by atoms with van der Waals surface area (Å²) in [6.45, 7) is 1.53. The number of aryl methyl sites for hydroxylation is 1. The van der Waals surface area contributed by atoms with Crippen LogP contribution in [0, 0.1) is 0 Å². The highest BCUT2D eigenvalue weighted by Gasteiger charge is 2.40. The Labute approximate surface area is 153 Å². The molecule has 0 radical (unpaired) electrons. The van der Waals surface area contributed by atoms with Crippen molar-refractivity contribution >= 4 is 39.3 Å². The van der Waals surface area contributed by atoms with Gasteiger partial charge in [-0.1, -0.05) is 35.6 Å². The number of amides is 3. The second-order valence-corrected chi connectivity index (χ2v) is 7.07. The van der Waals surface area contributed by atoms with Crippen LogP contribution in [-0.4, -0.2) is 33.2 Å². The maximum absolute atomic E-state index is 12.7. The summed E-state index contributed by atoms with van der Waals surface area (Å²) < 4.78 is 2.84. The lowest BCUT2D eigenvalue weighted by Gasteiger charge is -2.19. The number of carbonyl (C=O) groups is 3. The van der Waals surface area contributed by atoms with E-state index in [1.807, 2.05) is 35.9 Å². The summed E-state index contributed by atoms with van der Waals surface area (Å²) in [5.41, 5.74) is 1.62. The smallest absolute Gasteiger partial charge is 0.271 e. The number of thiazole rings is 1. The van der Waals surface area contributed by atoms with Crippen molar-refractivity contribution < 1.29 is 14.4 Å². The number of imide groups is 1. The standard InChI is InChI=1S/C19H15N3O3S/c1-11(22-17(24)12-7-3-4-8-13(12)18(22)25)16(23)20-19-21(2)14-9-5-6-10-15(14)26-19/h3-11H,1-2H3/t11-/m1/s1. The molecule has 1 aliphatic heterocycles. The van der Waals surface area contributed by atoms with Crippen LogP contribution in [0.5, 0.6) is 0 Å². The number of benzene rings is 2. The maximum atomic E-state index is 12.7. The van der Waals surface area contributed by atoms with Crippen LogP contribution in [0.15, 0.2) is 53.5 Å². The van der Waals surface area contributed by atoms with Crippen LogP contribution in [0.25, 0.3) is 10.2 Å². The first-order valence-electron chi connectivity index (χ1n) is 8.09. The minimum absolute atomic E-state index is 0.324. The zero-order valence-corrected chi connectivity index (χ0v) is 15.0. The van der Waals surface area contributed by atoms with Crippen LogP contribution < -0.4 is 4.80 Å². The Hall–Kier alpha value is -3.06. The van der Waals surface area contributed by atoms with Crippen LogP contribution in [0.2, 0.25) is 0 Å². The van der Waals surface area contributed by atoms with E-state index in [-0.39, 0.29) is 0 Å². The van der Waals surface area contributed by atoms with Crippen molar-refractivity contribution in [1.29, 1.82) is 0 Å². The number of hydrogen-bond acceptors (Lipinski definition) is 4. The first-order valence-corrected chi connectivity index (χ1v) is 8.90. The van der Waals surface area contributed by atoms with Crippen LogP contribution >= 0.6 is 11.3 Å². The Morgan fingerprint density at radius 1 is 1.00 bits per heavy atom. The molecule has 26 heavy (non-hydrogen) atoms. The molecule has 2 aromatic carbocycles. The Balaban J connectivity index is 1.70. The number of hydrogen-bond donors (Lipinski definition) is 0. The molecule has 0 bridgehead atoms. The fourth-order valence-electron chi connectivity index (χ4n) is 3.05. The highest BCUT2D eigenvalue weighted by atomic mass is 32.1. The van der Waals surface area contributed by atoms with Gasteiger partial charge < -0.3 is 4.57 Å². The van der Waals surface area contributed by atoms with Crippen molar-refractivity contribution in [3.05, 3.63) is 64.5 Å². The van der Waals surface area contributed by atoms with E-state index in [9.17, 15) is 14.4 Å². The summed E-state index contributed by atoms with van der Waals surface area (Å²) >= 11 is 1.39. The van der Waals surface area contributed by atoms with Gasteiger partial charge in [-0.3, -0.25) is 19.3 Å². The zero-order valence-electron chi connectivity index (χ0n) is 14.2. The highest BCUT2D eigenvalue weighted by molar-refractivity contribution is 7.16. The molecule has 2 heterocycles. The molecule has 0 N–H and O–H groups in total. The maximum Gasteiger partial charge on any atom is 0.271 e. The molecule has 0 saturated heterocycles. The summed E-state index contributed by atoms with van der Waals surface area (Å²) in [5.74, 6) is -1.44. The van der Waals surface area contributed by atoms with Crippen LogP contribution in [0.3, 0.4) is 0 Å². The normalized spacial score (nSPS) is 15.6. The third-order valence-electron chi connectivity index (χ3n) is 4.49. The van der Waals surface area contributed by atoms with Gasteiger partial charge in [-0.15, -0.1) is 0 Å². The molecule has 1 atom stereocenters. The van der Waals surface area contributed by atoms with Crippen molar-refractivity contribution in [2.45, 2.75) is 13.0 Å². The molecule has 130 valence electrons. The summed E-state index contributed by atoms with van der Waals surface area (Å²) in [4.78, 5) is 43.4. The molecule has 0 unspecified atom stereocenters. The third kappa shape index (κ3) is 2.40. The van der Waals surface area contributed by atoms with Crippen molar-refractivity contribution in [3.63, 3.8) is 0 Å². The minimum atomic E-state index is -0.965. The molecule has 0 fully saturated rings. The van der Waals surface area contributed by atoms with E-state index in [0.29, 0.717) is 15.9 Å². The van der Waals surface area contributed by atoms with Crippen LogP contribution in [0.1, 0.15) is 27.6 Å². The first kappa shape index (κ1) is 16.4. The highest BCUT2D eigenvalue weighted by Crippen LogP contribution is 2.24. The summed E-state index contributed by atoms with van der Waals surface area (Å²) in [5, 5.41) is 0. The molecule has 1 aromatic heterocycles.